The summed E-state index contributed by atoms with van der Waals surface area (Å²) in [5.41, 5.74) is -1.21. The van der Waals surface area contributed by atoms with Gasteiger partial charge >= 0.3 is 0 Å². The minimum Gasteiger partial charge on any atom is -0.387 e. The molecule has 4 N–H and O–H groups in total. The maximum Gasteiger partial charge on any atom is 0.151 e. The zero-order valence-corrected chi connectivity index (χ0v) is 7.31. The van der Waals surface area contributed by atoms with Crippen molar-refractivity contribution in [3.05, 3.63) is 0 Å². The second-order valence-electron chi connectivity index (χ2n) is 2.23. The third kappa shape index (κ3) is 3.08. The Kier molecular flexibility index (Phi) is 5.43. The first kappa shape index (κ1) is 11.9. The Morgan fingerprint density at radius 3 is 2.00 bits per heavy atom. The fourth-order valence-corrected chi connectivity index (χ4v) is 1.03. The summed E-state index contributed by atoms with van der Waals surface area (Å²) >= 11 is 0.908. The van der Waals surface area contributed by atoms with E-state index in [9.17, 15) is 4.79 Å². The summed E-state index contributed by atoms with van der Waals surface area (Å²) in [6.45, 7) is 0. The van der Waals surface area contributed by atoms with Gasteiger partial charge in [0.25, 0.3) is 0 Å². The molecule has 0 rings (SSSR count). The van der Waals surface area contributed by atoms with Crippen LogP contribution >= 0.6 is 11.8 Å². The highest BCUT2D eigenvalue weighted by Gasteiger charge is 2.29. The van der Waals surface area contributed by atoms with Gasteiger partial charge in [-0.05, 0) is 6.26 Å². The van der Waals surface area contributed by atoms with E-state index < -0.39 is 23.7 Å². The van der Waals surface area contributed by atoms with E-state index in [0.29, 0.717) is 0 Å². The summed E-state index contributed by atoms with van der Waals surface area (Å²) in [4.78, 5) is 9.95. The first-order valence-corrected chi connectivity index (χ1v) is 4.53. The predicted molar refractivity (Wildman–Crippen MR) is 43.6 cm³/mol. The number of carbonyl (C=O) groups excluding carboxylic acids is 1. The van der Waals surface area contributed by atoms with Crippen LogP contribution < -0.4 is 0 Å². The van der Waals surface area contributed by atoms with Crippen molar-refractivity contribution in [2.75, 3.05) is 6.26 Å². The van der Waals surface area contributed by atoms with Gasteiger partial charge in [0, 0.05) is 0 Å². The van der Waals surface area contributed by atoms with Crippen LogP contribution in [0.4, 0.5) is 0 Å². The summed E-state index contributed by atoms with van der Waals surface area (Å²) in [6.07, 6.45) is -3.22. The molecule has 0 aliphatic heterocycles. The molecule has 5 nitrogen and oxygen atoms in total. The molecule has 0 fully saturated rings. The molecule has 0 spiro atoms. The van der Waals surface area contributed by atoms with Gasteiger partial charge in [-0.3, -0.25) is 0 Å². The second-order valence-corrected chi connectivity index (χ2v) is 3.19. The number of rotatable bonds is 5. The second kappa shape index (κ2) is 5.50. The van der Waals surface area contributed by atoms with Gasteiger partial charge in [0.1, 0.15) is 23.7 Å². The molecular formula is C6H12O5S. The van der Waals surface area contributed by atoms with E-state index in [-0.39, 0.29) is 6.29 Å². The highest BCUT2D eigenvalue weighted by atomic mass is 32.2. The Labute approximate surface area is 74.0 Å². The lowest BCUT2D eigenvalue weighted by Crippen LogP contribution is -2.43. The zero-order valence-electron chi connectivity index (χ0n) is 6.49. The van der Waals surface area contributed by atoms with E-state index >= 15 is 0 Å². The Balaban J connectivity index is 4.07. The number of thioether (sulfide) groups is 1. The number of hydrogen-bond donors (Lipinski definition) is 4. The SMILES string of the molecule is CSC(O)[C@@H](O)[C@@H](O)[C@@H](O)C=O. The van der Waals surface area contributed by atoms with Crippen LogP contribution in [-0.4, -0.2) is 56.7 Å². The average molecular weight is 196 g/mol. The zero-order chi connectivity index (χ0) is 9.72. The molecule has 0 saturated carbocycles. The van der Waals surface area contributed by atoms with Gasteiger partial charge in [0.05, 0.1) is 0 Å². The molecule has 1 unspecified atom stereocenters. The van der Waals surface area contributed by atoms with Crippen molar-refractivity contribution < 1.29 is 25.2 Å². The Hall–Kier alpha value is -0.140. The van der Waals surface area contributed by atoms with Crippen molar-refractivity contribution in [3.63, 3.8) is 0 Å². The van der Waals surface area contributed by atoms with Gasteiger partial charge in [-0.1, -0.05) is 0 Å². The quantitative estimate of drug-likeness (QED) is 0.298. The highest BCUT2D eigenvalue weighted by molar-refractivity contribution is 7.99. The molecule has 0 aromatic heterocycles. The van der Waals surface area contributed by atoms with Gasteiger partial charge < -0.3 is 25.2 Å². The molecule has 6 heteroatoms. The van der Waals surface area contributed by atoms with Gasteiger partial charge in [-0.15, -0.1) is 11.8 Å². The minimum absolute atomic E-state index is 0.0981. The van der Waals surface area contributed by atoms with Crippen molar-refractivity contribution in [1.29, 1.82) is 0 Å². The number of hydrogen-bond acceptors (Lipinski definition) is 6. The lowest BCUT2D eigenvalue weighted by atomic mass is 10.1. The molecule has 12 heavy (non-hydrogen) atoms. The lowest BCUT2D eigenvalue weighted by molar-refractivity contribution is -0.129. The van der Waals surface area contributed by atoms with Gasteiger partial charge in [0.2, 0.25) is 0 Å². The number of aldehydes is 1. The number of aliphatic hydroxyl groups is 4. The third-order valence-corrected chi connectivity index (χ3v) is 2.13. The first-order chi connectivity index (χ1) is 5.54. The van der Waals surface area contributed by atoms with E-state index in [2.05, 4.69) is 0 Å². The van der Waals surface area contributed by atoms with Crippen molar-refractivity contribution in [1.82, 2.24) is 0 Å². The van der Waals surface area contributed by atoms with Crippen LogP contribution in [0.1, 0.15) is 0 Å². The maximum atomic E-state index is 9.95. The van der Waals surface area contributed by atoms with E-state index in [0.717, 1.165) is 11.8 Å². The number of carbonyl (C=O) groups is 1. The predicted octanol–water partition coefficient (Wildman–Crippen LogP) is -2.05. The third-order valence-electron chi connectivity index (χ3n) is 1.37. The molecular weight excluding hydrogens is 184 g/mol. The average Bonchev–Trinajstić information content (AvgIpc) is 2.12. The van der Waals surface area contributed by atoms with Crippen LogP contribution in [0.2, 0.25) is 0 Å². The lowest BCUT2D eigenvalue weighted by Gasteiger charge is -2.22. The molecule has 4 atom stereocenters. The smallest absolute Gasteiger partial charge is 0.151 e. The normalized spacial score (nSPS) is 21.1. The number of aliphatic hydroxyl groups excluding tert-OH is 4. The summed E-state index contributed by atoms with van der Waals surface area (Å²) in [6, 6.07) is 0. The topological polar surface area (TPSA) is 98.0 Å². The molecule has 0 amide bonds. The molecule has 0 aliphatic carbocycles. The molecule has 0 aromatic carbocycles. The Bertz CT molecular complexity index is 142. The maximum absolute atomic E-state index is 9.95. The summed E-state index contributed by atoms with van der Waals surface area (Å²) in [5.74, 6) is 0. The minimum atomic E-state index is -1.67. The largest absolute Gasteiger partial charge is 0.387 e. The van der Waals surface area contributed by atoms with E-state index in [1.54, 1.807) is 0 Å². The fraction of sp³-hybridized carbons (Fsp3) is 0.833. The molecule has 0 bridgehead atoms. The highest BCUT2D eigenvalue weighted by Crippen LogP contribution is 2.12. The van der Waals surface area contributed by atoms with Gasteiger partial charge in [-0.25, -0.2) is 0 Å². The van der Waals surface area contributed by atoms with Crippen LogP contribution in [0.3, 0.4) is 0 Å². The molecule has 72 valence electrons. The molecule has 0 aromatic rings. The molecule has 0 radical (unpaired) electrons. The van der Waals surface area contributed by atoms with Crippen molar-refractivity contribution in [2.24, 2.45) is 0 Å². The standard InChI is InChI=1S/C6H12O5S/c1-12-6(11)5(10)4(9)3(8)2-7/h2-6,8-11H,1H3/t3-,4-,5-,6?/m0/s1. The van der Waals surface area contributed by atoms with Crippen LogP contribution in [0.5, 0.6) is 0 Å². The van der Waals surface area contributed by atoms with Crippen LogP contribution in [0, 0.1) is 0 Å². The molecule has 0 heterocycles. The summed E-state index contributed by atoms with van der Waals surface area (Å²) in [7, 11) is 0. The van der Waals surface area contributed by atoms with Crippen molar-refractivity contribution in [2.45, 2.75) is 23.7 Å². The summed E-state index contributed by atoms with van der Waals surface area (Å²) in [5, 5.41) is 35.7. The Morgan fingerprint density at radius 2 is 1.67 bits per heavy atom. The van der Waals surface area contributed by atoms with Gasteiger partial charge in [0.15, 0.2) is 6.29 Å². The first-order valence-electron chi connectivity index (χ1n) is 3.25. The van der Waals surface area contributed by atoms with E-state index in [1.807, 2.05) is 0 Å². The molecule has 0 saturated heterocycles. The van der Waals surface area contributed by atoms with E-state index in [4.69, 9.17) is 20.4 Å². The Morgan fingerprint density at radius 1 is 1.17 bits per heavy atom. The van der Waals surface area contributed by atoms with Crippen molar-refractivity contribution >= 4 is 18.0 Å². The molecule has 0 aliphatic rings. The van der Waals surface area contributed by atoms with Crippen molar-refractivity contribution in [3.8, 4) is 0 Å². The van der Waals surface area contributed by atoms with Crippen LogP contribution in [0.15, 0.2) is 0 Å². The van der Waals surface area contributed by atoms with Crippen LogP contribution in [-0.2, 0) is 4.79 Å². The fourth-order valence-electron chi connectivity index (χ4n) is 0.591. The summed E-state index contributed by atoms with van der Waals surface area (Å²) < 4.78 is 0. The van der Waals surface area contributed by atoms with E-state index in [1.165, 1.54) is 6.26 Å². The van der Waals surface area contributed by atoms with Crippen LogP contribution in [0.25, 0.3) is 0 Å². The van der Waals surface area contributed by atoms with Gasteiger partial charge in [-0.2, -0.15) is 0 Å². The monoisotopic (exact) mass is 196 g/mol.